The van der Waals surface area contributed by atoms with E-state index in [0.29, 0.717) is 28.6 Å². The number of carbonyl (C=O) groups excluding carboxylic acids is 1. The van der Waals surface area contributed by atoms with E-state index >= 15 is 0 Å². The first-order valence-corrected chi connectivity index (χ1v) is 10.9. The largest absolute Gasteiger partial charge is 0.354 e. The highest BCUT2D eigenvalue weighted by atomic mass is 35.5. The molecule has 1 aromatic heterocycles. The van der Waals surface area contributed by atoms with E-state index in [4.69, 9.17) is 11.6 Å². The quantitative estimate of drug-likeness (QED) is 0.635. The Morgan fingerprint density at radius 3 is 2.81 bits per heavy atom. The molecule has 0 radical (unpaired) electrons. The number of nitrogens with zero attached hydrogens (tertiary/aromatic N) is 3. The van der Waals surface area contributed by atoms with Gasteiger partial charge in [0.05, 0.1) is 11.6 Å². The molecular weight excluding hydrogens is 431 g/mol. The summed E-state index contributed by atoms with van der Waals surface area (Å²) >= 11 is 6.22. The Hall–Kier alpha value is -3.19. The maximum Gasteiger partial charge on any atom is 0.271 e. The zero-order chi connectivity index (χ0) is 22.7. The van der Waals surface area contributed by atoms with E-state index in [0.717, 1.165) is 24.9 Å². The molecule has 1 saturated heterocycles. The number of hydrogen-bond acceptors (Lipinski definition) is 4. The lowest BCUT2D eigenvalue weighted by Crippen LogP contribution is -2.43. The van der Waals surface area contributed by atoms with Crippen LogP contribution >= 0.6 is 11.6 Å². The molecule has 0 bridgehead atoms. The minimum absolute atomic E-state index is 0.114. The smallest absolute Gasteiger partial charge is 0.271 e. The van der Waals surface area contributed by atoms with Gasteiger partial charge in [0.25, 0.3) is 5.56 Å². The number of rotatable bonds is 5. The second-order valence-electron chi connectivity index (χ2n) is 7.97. The third-order valence-corrected chi connectivity index (χ3v) is 6.12. The molecule has 3 aromatic rings. The van der Waals surface area contributed by atoms with Gasteiger partial charge in [0.2, 0.25) is 5.91 Å². The minimum atomic E-state index is -0.333. The van der Waals surface area contributed by atoms with Gasteiger partial charge in [-0.3, -0.25) is 9.59 Å². The summed E-state index contributed by atoms with van der Waals surface area (Å²) in [5.41, 5.74) is 1.70. The van der Waals surface area contributed by atoms with E-state index < -0.39 is 0 Å². The van der Waals surface area contributed by atoms with Crippen LogP contribution in [0.15, 0.2) is 59.4 Å². The van der Waals surface area contributed by atoms with Crippen LogP contribution in [0.3, 0.4) is 0 Å². The first kappa shape index (κ1) is 22.0. The lowest BCUT2D eigenvalue weighted by atomic mass is 9.97. The molecule has 0 spiro atoms. The van der Waals surface area contributed by atoms with Gasteiger partial charge in [-0.25, -0.2) is 4.39 Å². The second kappa shape index (κ2) is 9.53. The lowest BCUT2D eigenvalue weighted by Gasteiger charge is -2.33. The molecule has 1 atom stereocenters. The maximum atomic E-state index is 13.8. The molecule has 6 nitrogen and oxygen atoms in total. The van der Waals surface area contributed by atoms with Crippen molar-refractivity contribution in [3.05, 3.63) is 86.9 Å². The highest BCUT2D eigenvalue weighted by molar-refractivity contribution is 6.31. The van der Waals surface area contributed by atoms with Gasteiger partial charge >= 0.3 is 0 Å². The van der Waals surface area contributed by atoms with Crippen LogP contribution in [-0.2, 0) is 11.3 Å². The standard InChI is InChI=1S/C24H24ClFN4O2/c1-16-8-9-19(13-20(16)25)30-23(31)11-10-22(28-30)29-12-4-6-18(15-29)24(32)27-14-17-5-2-3-7-21(17)26/h2-3,5,7-11,13,18H,4,6,12,14-15H2,1H3,(H,27,32). The highest BCUT2D eigenvalue weighted by Gasteiger charge is 2.27. The molecule has 1 amide bonds. The van der Waals surface area contributed by atoms with Crippen molar-refractivity contribution < 1.29 is 9.18 Å². The van der Waals surface area contributed by atoms with Crippen molar-refractivity contribution in [1.82, 2.24) is 15.1 Å². The fraction of sp³-hybridized carbons (Fsp3) is 0.292. The second-order valence-corrected chi connectivity index (χ2v) is 8.38. The van der Waals surface area contributed by atoms with Gasteiger partial charge in [-0.1, -0.05) is 35.9 Å². The lowest BCUT2D eigenvalue weighted by molar-refractivity contribution is -0.125. The molecule has 1 fully saturated rings. The van der Waals surface area contributed by atoms with Crippen molar-refractivity contribution in [3.8, 4) is 5.69 Å². The molecule has 1 N–H and O–H groups in total. The Kier molecular flexibility index (Phi) is 6.55. The van der Waals surface area contributed by atoms with E-state index in [1.807, 2.05) is 17.9 Å². The number of carbonyl (C=O) groups is 1. The van der Waals surface area contributed by atoms with Crippen LogP contribution in [0.4, 0.5) is 10.2 Å². The Morgan fingerprint density at radius 1 is 1.22 bits per heavy atom. The zero-order valence-corrected chi connectivity index (χ0v) is 18.5. The number of nitrogens with one attached hydrogen (secondary N) is 1. The molecule has 8 heteroatoms. The summed E-state index contributed by atoms with van der Waals surface area (Å²) < 4.78 is 15.1. The Morgan fingerprint density at radius 2 is 2.03 bits per heavy atom. The number of anilines is 1. The van der Waals surface area contributed by atoms with Crippen molar-refractivity contribution in [1.29, 1.82) is 0 Å². The van der Waals surface area contributed by atoms with Gasteiger partial charge in [0, 0.05) is 36.3 Å². The van der Waals surface area contributed by atoms with E-state index in [-0.39, 0.29) is 29.7 Å². The SMILES string of the molecule is Cc1ccc(-n2nc(N3CCCC(C(=O)NCc4ccccc4F)C3)ccc2=O)cc1Cl. The van der Waals surface area contributed by atoms with Crippen molar-refractivity contribution in [2.24, 2.45) is 5.92 Å². The predicted octanol–water partition coefficient (Wildman–Crippen LogP) is 3.87. The minimum Gasteiger partial charge on any atom is -0.354 e. The van der Waals surface area contributed by atoms with Gasteiger partial charge in [0.15, 0.2) is 0 Å². The molecule has 1 unspecified atom stereocenters. The van der Waals surface area contributed by atoms with Gasteiger partial charge in [-0.15, -0.1) is 5.10 Å². The van der Waals surface area contributed by atoms with Gasteiger partial charge in [-0.05, 0) is 49.6 Å². The van der Waals surface area contributed by atoms with Crippen LogP contribution in [0.1, 0.15) is 24.0 Å². The summed E-state index contributed by atoms with van der Waals surface area (Å²) in [6.07, 6.45) is 1.56. The van der Waals surface area contributed by atoms with Crippen LogP contribution in [0.25, 0.3) is 5.69 Å². The normalized spacial score (nSPS) is 16.1. The fourth-order valence-electron chi connectivity index (χ4n) is 3.84. The summed E-state index contributed by atoms with van der Waals surface area (Å²) in [6.45, 7) is 3.25. The third-order valence-electron chi connectivity index (χ3n) is 5.71. The molecule has 1 aliphatic heterocycles. The molecule has 4 rings (SSSR count). The van der Waals surface area contributed by atoms with E-state index in [1.165, 1.54) is 16.8 Å². The molecule has 0 aliphatic carbocycles. The number of benzene rings is 2. The Labute approximate surface area is 190 Å². The predicted molar refractivity (Wildman–Crippen MR) is 123 cm³/mol. The molecule has 166 valence electrons. The van der Waals surface area contributed by atoms with Gasteiger partial charge in [0.1, 0.15) is 11.6 Å². The summed E-state index contributed by atoms with van der Waals surface area (Å²) in [5.74, 6) is -0.0725. The first-order valence-electron chi connectivity index (χ1n) is 10.6. The van der Waals surface area contributed by atoms with Crippen molar-refractivity contribution >= 4 is 23.3 Å². The number of piperidine rings is 1. The Balaban J connectivity index is 1.48. The fourth-order valence-corrected chi connectivity index (χ4v) is 4.01. The molecule has 0 saturated carbocycles. The average Bonchev–Trinajstić information content (AvgIpc) is 2.80. The molecule has 2 heterocycles. The number of halogens is 2. The number of aryl methyl sites for hydroxylation is 1. The Bertz CT molecular complexity index is 1200. The molecular formula is C24H24ClFN4O2. The summed E-state index contributed by atoms with van der Waals surface area (Å²) in [4.78, 5) is 27.1. The van der Waals surface area contributed by atoms with Crippen LogP contribution in [-0.4, -0.2) is 28.8 Å². The average molecular weight is 455 g/mol. The van der Waals surface area contributed by atoms with Gasteiger partial charge < -0.3 is 10.2 Å². The van der Waals surface area contributed by atoms with Crippen molar-refractivity contribution in [2.45, 2.75) is 26.3 Å². The van der Waals surface area contributed by atoms with E-state index in [9.17, 15) is 14.0 Å². The highest BCUT2D eigenvalue weighted by Crippen LogP contribution is 2.23. The van der Waals surface area contributed by atoms with Crippen LogP contribution in [0.2, 0.25) is 5.02 Å². The van der Waals surface area contributed by atoms with Crippen LogP contribution < -0.4 is 15.8 Å². The molecule has 1 aliphatic rings. The third kappa shape index (κ3) is 4.83. The van der Waals surface area contributed by atoms with E-state index in [1.54, 1.807) is 36.4 Å². The number of amides is 1. The molecule has 2 aromatic carbocycles. The zero-order valence-electron chi connectivity index (χ0n) is 17.7. The van der Waals surface area contributed by atoms with Crippen molar-refractivity contribution in [3.63, 3.8) is 0 Å². The molecule has 32 heavy (non-hydrogen) atoms. The van der Waals surface area contributed by atoms with Crippen molar-refractivity contribution in [2.75, 3.05) is 18.0 Å². The van der Waals surface area contributed by atoms with Crippen LogP contribution in [0.5, 0.6) is 0 Å². The van der Waals surface area contributed by atoms with Crippen LogP contribution in [0, 0.1) is 18.7 Å². The van der Waals surface area contributed by atoms with E-state index in [2.05, 4.69) is 10.4 Å². The number of aromatic nitrogens is 2. The maximum absolute atomic E-state index is 13.8. The summed E-state index contributed by atoms with van der Waals surface area (Å²) in [6, 6.07) is 14.9. The monoisotopic (exact) mass is 454 g/mol. The number of hydrogen-bond donors (Lipinski definition) is 1. The van der Waals surface area contributed by atoms with Gasteiger partial charge in [-0.2, -0.15) is 4.68 Å². The summed E-state index contributed by atoms with van der Waals surface area (Å²) in [7, 11) is 0. The topological polar surface area (TPSA) is 67.2 Å². The summed E-state index contributed by atoms with van der Waals surface area (Å²) in [5, 5.41) is 7.93. The first-order chi connectivity index (χ1) is 15.4.